The molecule has 0 saturated carbocycles. The number of nitrogens with zero attached hydrogens (tertiary/aromatic N) is 2. The van der Waals surface area contributed by atoms with E-state index in [0.717, 1.165) is 25.1 Å². The highest BCUT2D eigenvalue weighted by atomic mass is 16.5. The quantitative estimate of drug-likeness (QED) is 0.772. The topological polar surface area (TPSA) is 78.5 Å². The molecule has 6 nitrogen and oxygen atoms in total. The molecule has 16 heavy (non-hydrogen) atoms. The van der Waals surface area contributed by atoms with E-state index < -0.39 is 5.97 Å². The summed E-state index contributed by atoms with van der Waals surface area (Å²) in [7, 11) is 1.70. The van der Waals surface area contributed by atoms with Gasteiger partial charge in [0.1, 0.15) is 5.69 Å². The summed E-state index contributed by atoms with van der Waals surface area (Å²) in [5.41, 5.74) is 0.908. The Morgan fingerprint density at radius 1 is 1.81 bits per heavy atom. The fourth-order valence-corrected chi connectivity index (χ4v) is 1.99. The molecule has 0 spiro atoms. The van der Waals surface area contributed by atoms with Crippen molar-refractivity contribution in [2.24, 2.45) is 0 Å². The average molecular weight is 225 g/mol. The summed E-state index contributed by atoms with van der Waals surface area (Å²) in [6.07, 6.45) is 2.83. The number of carbonyl (C=O) groups is 1. The molecule has 1 fully saturated rings. The van der Waals surface area contributed by atoms with Gasteiger partial charge in [0.15, 0.2) is 0 Å². The van der Waals surface area contributed by atoms with Gasteiger partial charge in [0, 0.05) is 32.3 Å². The molecule has 0 radical (unpaired) electrons. The Hall–Kier alpha value is -1.40. The molecular weight excluding hydrogens is 210 g/mol. The number of H-pyrrole nitrogens is 1. The molecule has 0 bridgehead atoms. The molecule has 2 N–H and O–H groups in total. The van der Waals surface area contributed by atoms with Gasteiger partial charge in [-0.3, -0.25) is 10.00 Å². The van der Waals surface area contributed by atoms with Gasteiger partial charge in [0.2, 0.25) is 0 Å². The van der Waals surface area contributed by atoms with Gasteiger partial charge < -0.3 is 9.84 Å². The minimum absolute atomic E-state index is 0.181. The fraction of sp³-hybridized carbons (Fsp3) is 0.600. The maximum absolute atomic E-state index is 10.9. The monoisotopic (exact) mass is 225 g/mol. The van der Waals surface area contributed by atoms with E-state index in [2.05, 4.69) is 15.1 Å². The zero-order valence-corrected chi connectivity index (χ0v) is 9.14. The van der Waals surface area contributed by atoms with Crippen molar-refractivity contribution in [1.82, 2.24) is 15.1 Å². The molecule has 6 heteroatoms. The van der Waals surface area contributed by atoms with Gasteiger partial charge in [-0.25, -0.2) is 4.79 Å². The molecule has 0 aliphatic carbocycles. The summed E-state index contributed by atoms with van der Waals surface area (Å²) in [5.74, 6) is -0.963. The SMILES string of the molecule is CO[C@H]1CCN(Cc2cn[nH]c2C(=O)O)C1. The standard InChI is InChI=1S/C10H15N3O3/c1-16-8-2-3-13(6-8)5-7-4-11-12-9(7)10(14)15/h4,8H,2-3,5-6H2,1H3,(H,11,12)(H,14,15)/t8-/m0/s1. The molecule has 1 atom stereocenters. The van der Waals surface area contributed by atoms with Gasteiger partial charge in [0.25, 0.3) is 0 Å². The van der Waals surface area contributed by atoms with Gasteiger partial charge in [-0.1, -0.05) is 0 Å². The molecule has 1 aromatic heterocycles. The number of methoxy groups -OCH3 is 1. The molecule has 0 unspecified atom stereocenters. The number of carboxylic acids is 1. The molecular formula is C10H15N3O3. The first-order valence-electron chi connectivity index (χ1n) is 5.21. The number of aromatic nitrogens is 2. The third-order valence-corrected chi connectivity index (χ3v) is 2.89. The van der Waals surface area contributed by atoms with Crippen LogP contribution >= 0.6 is 0 Å². The van der Waals surface area contributed by atoms with Crippen molar-refractivity contribution >= 4 is 5.97 Å². The average Bonchev–Trinajstić information content (AvgIpc) is 2.87. The molecule has 2 rings (SSSR count). The van der Waals surface area contributed by atoms with E-state index in [-0.39, 0.29) is 11.8 Å². The second-order valence-electron chi connectivity index (χ2n) is 3.96. The predicted octanol–water partition coefficient (Wildman–Crippen LogP) is 0.329. The smallest absolute Gasteiger partial charge is 0.354 e. The minimum atomic E-state index is -0.963. The Bertz CT molecular complexity index is 377. The number of aromatic amines is 1. The van der Waals surface area contributed by atoms with Crippen LogP contribution in [0.1, 0.15) is 22.5 Å². The fourth-order valence-electron chi connectivity index (χ4n) is 1.99. The van der Waals surface area contributed by atoms with Crippen molar-refractivity contribution in [3.8, 4) is 0 Å². The Morgan fingerprint density at radius 3 is 3.25 bits per heavy atom. The summed E-state index contributed by atoms with van der Waals surface area (Å²) < 4.78 is 5.26. The Balaban J connectivity index is 1.99. The van der Waals surface area contributed by atoms with Crippen molar-refractivity contribution in [1.29, 1.82) is 0 Å². The van der Waals surface area contributed by atoms with Crippen LogP contribution in [0.4, 0.5) is 0 Å². The molecule has 0 amide bonds. The van der Waals surface area contributed by atoms with Crippen LogP contribution in [-0.4, -0.2) is 52.5 Å². The lowest BCUT2D eigenvalue weighted by atomic mass is 10.2. The second-order valence-corrected chi connectivity index (χ2v) is 3.96. The molecule has 2 heterocycles. The van der Waals surface area contributed by atoms with Crippen LogP contribution < -0.4 is 0 Å². The minimum Gasteiger partial charge on any atom is -0.477 e. The third-order valence-electron chi connectivity index (χ3n) is 2.89. The highest BCUT2D eigenvalue weighted by Crippen LogP contribution is 2.16. The number of likely N-dealkylation sites (tertiary alicyclic amines) is 1. The Labute approximate surface area is 93.2 Å². The lowest BCUT2D eigenvalue weighted by Gasteiger charge is -2.14. The van der Waals surface area contributed by atoms with Crippen LogP contribution in [-0.2, 0) is 11.3 Å². The van der Waals surface area contributed by atoms with Crippen LogP contribution in [0.15, 0.2) is 6.20 Å². The second kappa shape index (κ2) is 4.63. The summed E-state index contributed by atoms with van der Waals surface area (Å²) >= 11 is 0. The number of ether oxygens (including phenoxy) is 1. The summed E-state index contributed by atoms with van der Waals surface area (Å²) in [4.78, 5) is 13.0. The number of aromatic carboxylic acids is 1. The molecule has 0 aromatic carbocycles. The molecule has 88 valence electrons. The lowest BCUT2D eigenvalue weighted by molar-refractivity contribution is 0.0688. The maximum atomic E-state index is 10.9. The van der Waals surface area contributed by atoms with Gasteiger partial charge in [0.05, 0.1) is 12.3 Å². The first-order valence-corrected chi connectivity index (χ1v) is 5.21. The van der Waals surface area contributed by atoms with Crippen molar-refractivity contribution in [3.05, 3.63) is 17.5 Å². The van der Waals surface area contributed by atoms with Crippen molar-refractivity contribution in [2.45, 2.75) is 19.1 Å². The van der Waals surface area contributed by atoms with E-state index >= 15 is 0 Å². The Morgan fingerprint density at radius 2 is 2.62 bits per heavy atom. The maximum Gasteiger partial charge on any atom is 0.354 e. The van der Waals surface area contributed by atoms with Crippen LogP contribution in [0.3, 0.4) is 0 Å². The molecule has 1 aromatic rings. The number of rotatable bonds is 4. The van der Waals surface area contributed by atoms with Gasteiger partial charge >= 0.3 is 5.97 Å². The number of carboxylic acid groups (broad SMARTS) is 1. The summed E-state index contributed by atoms with van der Waals surface area (Å²) in [6, 6.07) is 0. The van der Waals surface area contributed by atoms with E-state index in [4.69, 9.17) is 9.84 Å². The van der Waals surface area contributed by atoms with Crippen LogP contribution in [0.25, 0.3) is 0 Å². The first-order chi connectivity index (χ1) is 7.70. The van der Waals surface area contributed by atoms with Gasteiger partial charge in [-0.2, -0.15) is 5.10 Å². The van der Waals surface area contributed by atoms with Crippen LogP contribution in [0, 0.1) is 0 Å². The zero-order chi connectivity index (χ0) is 11.5. The number of hydrogen-bond donors (Lipinski definition) is 2. The van der Waals surface area contributed by atoms with Gasteiger partial charge in [-0.05, 0) is 6.42 Å². The van der Waals surface area contributed by atoms with Crippen LogP contribution in [0.5, 0.6) is 0 Å². The number of hydrogen-bond acceptors (Lipinski definition) is 4. The van der Waals surface area contributed by atoms with Crippen molar-refractivity contribution in [3.63, 3.8) is 0 Å². The van der Waals surface area contributed by atoms with Crippen molar-refractivity contribution in [2.75, 3.05) is 20.2 Å². The molecule has 1 aliphatic rings. The molecule has 1 aliphatic heterocycles. The van der Waals surface area contributed by atoms with E-state index in [9.17, 15) is 4.79 Å². The Kier molecular flexibility index (Phi) is 3.21. The summed E-state index contributed by atoms with van der Waals surface area (Å²) in [6.45, 7) is 2.39. The number of nitrogens with one attached hydrogen (secondary N) is 1. The van der Waals surface area contributed by atoms with Gasteiger partial charge in [-0.15, -0.1) is 0 Å². The van der Waals surface area contributed by atoms with E-state index in [1.807, 2.05) is 0 Å². The van der Waals surface area contributed by atoms with E-state index in [1.54, 1.807) is 13.3 Å². The normalized spacial score (nSPS) is 21.4. The van der Waals surface area contributed by atoms with Crippen molar-refractivity contribution < 1.29 is 14.6 Å². The largest absolute Gasteiger partial charge is 0.477 e. The first kappa shape index (κ1) is 11.1. The lowest BCUT2D eigenvalue weighted by Crippen LogP contribution is -2.23. The van der Waals surface area contributed by atoms with E-state index in [1.165, 1.54) is 0 Å². The summed E-state index contributed by atoms with van der Waals surface area (Å²) in [5, 5.41) is 15.2. The highest BCUT2D eigenvalue weighted by Gasteiger charge is 2.24. The predicted molar refractivity (Wildman–Crippen MR) is 56.2 cm³/mol. The third kappa shape index (κ3) is 2.23. The highest BCUT2D eigenvalue weighted by molar-refractivity contribution is 5.86. The zero-order valence-electron chi connectivity index (χ0n) is 9.14. The van der Waals surface area contributed by atoms with E-state index in [0.29, 0.717) is 6.54 Å². The van der Waals surface area contributed by atoms with Crippen LogP contribution in [0.2, 0.25) is 0 Å². The molecule has 1 saturated heterocycles.